The monoisotopic (exact) mass is 469 g/mol. The minimum atomic E-state index is -0.298. The fourth-order valence-corrected chi connectivity index (χ4v) is 6.63. The highest BCUT2D eigenvalue weighted by Gasteiger charge is 2.58. The molecule has 5 nitrogen and oxygen atoms in total. The Hall–Kier alpha value is -3.31. The van der Waals surface area contributed by atoms with Gasteiger partial charge in [-0.05, 0) is 68.1 Å². The third-order valence-electron chi connectivity index (χ3n) is 8.41. The molecular weight excluding hydrogens is 438 g/mol. The van der Waals surface area contributed by atoms with Crippen LogP contribution in [0, 0.1) is 5.92 Å². The van der Waals surface area contributed by atoms with E-state index < -0.39 is 0 Å². The molecular formula is C30H31NO4. The molecule has 0 amide bonds. The van der Waals surface area contributed by atoms with Crippen LogP contribution in [0.2, 0.25) is 0 Å². The van der Waals surface area contributed by atoms with Crippen molar-refractivity contribution in [3.63, 3.8) is 0 Å². The van der Waals surface area contributed by atoms with Gasteiger partial charge in [0.25, 0.3) is 0 Å². The lowest BCUT2D eigenvalue weighted by molar-refractivity contribution is -0.0986. The Kier molecular flexibility index (Phi) is 5.53. The molecule has 5 heteroatoms. The van der Waals surface area contributed by atoms with Crippen molar-refractivity contribution in [2.45, 2.75) is 42.7 Å². The standard InChI is InChI=1S/C30H31NO4/c1-31(2)30-16-23(20-9-5-3-6-10-20)28(24(17-30)21-11-7-4-8-12-21)27(18-30)35-29(32)22-13-14-25-26(15-22)34-19-33-25/h3-15,23-24,27-28H,16-19H2,1-2H3. The van der Waals surface area contributed by atoms with Crippen molar-refractivity contribution in [1.29, 1.82) is 0 Å². The second-order valence-corrected chi connectivity index (χ2v) is 10.4. The molecule has 1 heterocycles. The van der Waals surface area contributed by atoms with Crippen molar-refractivity contribution in [2.24, 2.45) is 5.92 Å². The first-order valence-corrected chi connectivity index (χ1v) is 12.4. The predicted molar refractivity (Wildman–Crippen MR) is 134 cm³/mol. The van der Waals surface area contributed by atoms with Gasteiger partial charge in [0.15, 0.2) is 11.5 Å². The number of rotatable bonds is 5. The molecule has 3 aromatic rings. The second kappa shape index (κ2) is 8.72. The zero-order chi connectivity index (χ0) is 24.0. The van der Waals surface area contributed by atoms with Gasteiger partial charge in [-0.15, -0.1) is 0 Å². The zero-order valence-corrected chi connectivity index (χ0v) is 20.2. The summed E-state index contributed by atoms with van der Waals surface area (Å²) >= 11 is 0. The lowest BCUT2D eigenvalue weighted by Crippen LogP contribution is -2.61. The summed E-state index contributed by atoms with van der Waals surface area (Å²) < 4.78 is 17.3. The summed E-state index contributed by atoms with van der Waals surface area (Å²) in [6.45, 7) is 0.182. The number of ether oxygens (including phenoxy) is 3. The van der Waals surface area contributed by atoms with Gasteiger partial charge < -0.3 is 19.1 Å². The zero-order valence-electron chi connectivity index (χ0n) is 20.2. The number of benzene rings is 3. The van der Waals surface area contributed by atoms with Gasteiger partial charge in [-0.1, -0.05) is 60.7 Å². The molecule has 0 saturated heterocycles. The van der Waals surface area contributed by atoms with E-state index in [1.54, 1.807) is 18.2 Å². The highest BCUT2D eigenvalue weighted by atomic mass is 16.7. The molecule has 0 N–H and O–H groups in total. The van der Waals surface area contributed by atoms with E-state index in [0.717, 1.165) is 19.3 Å². The van der Waals surface area contributed by atoms with Crippen molar-refractivity contribution >= 4 is 5.97 Å². The first-order chi connectivity index (χ1) is 17.0. The van der Waals surface area contributed by atoms with Gasteiger partial charge in [-0.2, -0.15) is 0 Å². The Balaban J connectivity index is 1.39. The molecule has 1 aliphatic heterocycles. The van der Waals surface area contributed by atoms with Crippen LogP contribution in [0.3, 0.4) is 0 Å². The Morgan fingerprint density at radius 2 is 1.43 bits per heavy atom. The normalized spacial score (nSPS) is 28.8. The molecule has 0 spiro atoms. The molecule has 3 saturated carbocycles. The molecule has 0 aromatic heterocycles. The summed E-state index contributed by atoms with van der Waals surface area (Å²) in [7, 11) is 4.35. The smallest absolute Gasteiger partial charge is 0.338 e. The molecule has 0 radical (unpaired) electrons. The fraction of sp³-hybridized carbons (Fsp3) is 0.367. The first kappa shape index (κ1) is 22.2. The molecule has 180 valence electrons. The molecule has 3 aliphatic carbocycles. The summed E-state index contributed by atoms with van der Waals surface area (Å²) in [6.07, 6.45) is 2.79. The first-order valence-electron chi connectivity index (χ1n) is 12.4. The van der Waals surface area contributed by atoms with Crippen LogP contribution in [0.25, 0.3) is 0 Å². The van der Waals surface area contributed by atoms with Gasteiger partial charge in [-0.25, -0.2) is 4.79 Å². The molecule has 3 fully saturated rings. The van der Waals surface area contributed by atoms with Crippen LogP contribution in [0.15, 0.2) is 78.9 Å². The molecule has 2 bridgehead atoms. The Labute approximate surface area is 206 Å². The van der Waals surface area contributed by atoms with Crippen LogP contribution in [0.5, 0.6) is 11.5 Å². The van der Waals surface area contributed by atoms with Crippen LogP contribution in [-0.4, -0.2) is 43.4 Å². The van der Waals surface area contributed by atoms with Crippen LogP contribution in [0.1, 0.15) is 52.6 Å². The van der Waals surface area contributed by atoms with Gasteiger partial charge >= 0.3 is 5.97 Å². The summed E-state index contributed by atoms with van der Waals surface area (Å²) in [5.41, 5.74) is 3.11. The Morgan fingerprint density at radius 3 is 2.03 bits per heavy atom. The lowest BCUT2D eigenvalue weighted by Gasteiger charge is -2.60. The highest BCUT2D eigenvalue weighted by Crippen LogP contribution is 2.60. The van der Waals surface area contributed by atoms with Crippen molar-refractivity contribution in [3.8, 4) is 11.5 Å². The molecule has 3 aromatic carbocycles. The molecule has 3 unspecified atom stereocenters. The number of hydrogen-bond donors (Lipinski definition) is 0. The van der Waals surface area contributed by atoms with Crippen LogP contribution in [0.4, 0.5) is 0 Å². The third-order valence-corrected chi connectivity index (χ3v) is 8.41. The summed E-state index contributed by atoms with van der Waals surface area (Å²) in [4.78, 5) is 15.8. The predicted octanol–water partition coefficient (Wildman–Crippen LogP) is 5.62. The van der Waals surface area contributed by atoms with Gasteiger partial charge in [0.1, 0.15) is 6.10 Å². The van der Waals surface area contributed by atoms with E-state index in [9.17, 15) is 4.79 Å². The van der Waals surface area contributed by atoms with Gasteiger partial charge in [-0.3, -0.25) is 0 Å². The summed E-state index contributed by atoms with van der Waals surface area (Å²) in [5, 5.41) is 0. The van der Waals surface area contributed by atoms with E-state index in [1.807, 2.05) is 0 Å². The van der Waals surface area contributed by atoms with E-state index in [2.05, 4.69) is 79.7 Å². The van der Waals surface area contributed by atoms with Crippen molar-refractivity contribution in [3.05, 3.63) is 95.6 Å². The van der Waals surface area contributed by atoms with Gasteiger partial charge in [0, 0.05) is 17.9 Å². The highest BCUT2D eigenvalue weighted by molar-refractivity contribution is 5.90. The average Bonchev–Trinajstić information content (AvgIpc) is 3.37. The number of esters is 1. The number of carbonyl (C=O) groups is 1. The van der Waals surface area contributed by atoms with Crippen molar-refractivity contribution in [2.75, 3.05) is 20.9 Å². The minimum Gasteiger partial charge on any atom is -0.458 e. The van der Waals surface area contributed by atoms with Gasteiger partial charge in [0.05, 0.1) is 5.56 Å². The van der Waals surface area contributed by atoms with Crippen LogP contribution in [-0.2, 0) is 4.74 Å². The molecule has 4 aliphatic rings. The minimum absolute atomic E-state index is 0.0460. The van der Waals surface area contributed by atoms with E-state index in [-0.39, 0.29) is 30.3 Å². The Bertz CT molecular complexity index is 1160. The number of carbonyl (C=O) groups excluding carboxylic acids is 1. The Morgan fingerprint density at radius 1 is 0.829 bits per heavy atom. The summed E-state index contributed by atoms with van der Waals surface area (Å²) in [5.74, 6) is 1.78. The maximum absolute atomic E-state index is 13.4. The number of nitrogens with zero attached hydrogens (tertiary/aromatic N) is 1. The van der Waals surface area contributed by atoms with E-state index >= 15 is 0 Å². The van der Waals surface area contributed by atoms with Crippen LogP contribution >= 0.6 is 0 Å². The average molecular weight is 470 g/mol. The van der Waals surface area contributed by atoms with Crippen LogP contribution < -0.4 is 9.47 Å². The summed E-state index contributed by atoms with van der Waals surface area (Å²) in [6, 6.07) is 26.8. The topological polar surface area (TPSA) is 48.0 Å². The molecule has 3 atom stereocenters. The second-order valence-electron chi connectivity index (χ2n) is 10.4. The molecule has 35 heavy (non-hydrogen) atoms. The quantitative estimate of drug-likeness (QED) is 0.454. The van der Waals surface area contributed by atoms with E-state index in [4.69, 9.17) is 14.2 Å². The van der Waals surface area contributed by atoms with E-state index in [1.165, 1.54) is 11.1 Å². The fourth-order valence-electron chi connectivity index (χ4n) is 6.63. The number of fused-ring (bicyclic) bond motifs is 4. The molecule has 7 rings (SSSR count). The largest absolute Gasteiger partial charge is 0.458 e. The van der Waals surface area contributed by atoms with Crippen molar-refractivity contribution in [1.82, 2.24) is 4.90 Å². The SMILES string of the molecule is CN(C)C12CC(OC(=O)c3ccc4c(c3)OCO4)C(C(c3ccccc3)C1)C(c1ccccc1)C2. The van der Waals surface area contributed by atoms with Crippen molar-refractivity contribution < 1.29 is 19.0 Å². The lowest BCUT2D eigenvalue weighted by atomic mass is 9.52. The third kappa shape index (κ3) is 3.88. The van der Waals surface area contributed by atoms with Gasteiger partial charge in [0.2, 0.25) is 6.79 Å². The number of hydrogen-bond acceptors (Lipinski definition) is 5. The maximum atomic E-state index is 13.4. The maximum Gasteiger partial charge on any atom is 0.338 e. The van der Waals surface area contributed by atoms with E-state index in [0.29, 0.717) is 28.9 Å².